The molecule has 0 aromatic heterocycles. The van der Waals surface area contributed by atoms with Crippen molar-refractivity contribution in [2.45, 2.75) is 12.2 Å². The Morgan fingerprint density at radius 1 is 1.45 bits per heavy atom. The molecule has 0 bridgehead atoms. The van der Waals surface area contributed by atoms with E-state index >= 15 is 0 Å². The number of benzene rings is 1. The Morgan fingerprint density at radius 2 is 2.09 bits per heavy atom. The monoisotopic (exact) mass is 166 g/mol. The molecule has 1 atom stereocenters. The molecule has 0 aliphatic rings. The van der Waals surface area contributed by atoms with Crippen LogP contribution in [0.25, 0.3) is 0 Å². The SMILES string of the molecule is Cc1ccccc1C(S)C=O. The van der Waals surface area contributed by atoms with Crippen LogP contribution in [0.5, 0.6) is 0 Å². The smallest absolute Gasteiger partial charge is 0.137 e. The lowest BCUT2D eigenvalue weighted by atomic mass is 10.1. The quantitative estimate of drug-likeness (QED) is 0.526. The highest BCUT2D eigenvalue weighted by atomic mass is 32.1. The van der Waals surface area contributed by atoms with Gasteiger partial charge in [0.25, 0.3) is 0 Å². The second-order valence-electron chi connectivity index (χ2n) is 2.44. The van der Waals surface area contributed by atoms with Crippen LogP contribution in [0.1, 0.15) is 16.4 Å². The van der Waals surface area contributed by atoms with Crippen molar-refractivity contribution >= 4 is 18.9 Å². The van der Waals surface area contributed by atoms with E-state index in [0.717, 1.165) is 17.4 Å². The second kappa shape index (κ2) is 3.58. The van der Waals surface area contributed by atoms with Crippen LogP contribution in [-0.4, -0.2) is 6.29 Å². The van der Waals surface area contributed by atoms with Gasteiger partial charge in [0.1, 0.15) is 6.29 Å². The zero-order valence-corrected chi connectivity index (χ0v) is 7.21. The van der Waals surface area contributed by atoms with Crippen LogP contribution in [0.4, 0.5) is 0 Å². The van der Waals surface area contributed by atoms with Crippen LogP contribution in [0.2, 0.25) is 0 Å². The summed E-state index contributed by atoms with van der Waals surface area (Å²) in [5.74, 6) is 0. The van der Waals surface area contributed by atoms with Crippen LogP contribution in [-0.2, 0) is 4.79 Å². The molecule has 11 heavy (non-hydrogen) atoms. The van der Waals surface area contributed by atoms with Gasteiger partial charge in [0.05, 0.1) is 5.25 Å². The molecule has 1 nitrogen and oxygen atoms in total. The predicted octanol–water partition coefficient (Wildman–Crippen LogP) is 2.16. The maximum absolute atomic E-state index is 10.4. The van der Waals surface area contributed by atoms with Crippen LogP contribution >= 0.6 is 12.6 Å². The molecule has 0 N–H and O–H groups in total. The highest BCUT2D eigenvalue weighted by molar-refractivity contribution is 7.81. The summed E-state index contributed by atoms with van der Waals surface area (Å²) in [7, 11) is 0. The number of carbonyl (C=O) groups is 1. The van der Waals surface area contributed by atoms with E-state index in [1.807, 2.05) is 31.2 Å². The molecule has 1 unspecified atom stereocenters. The summed E-state index contributed by atoms with van der Waals surface area (Å²) in [6.07, 6.45) is 0.839. The first-order valence-corrected chi connectivity index (χ1v) is 3.96. The highest BCUT2D eigenvalue weighted by Crippen LogP contribution is 2.20. The van der Waals surface area contributed by atoms with Gasteiger partial charge >= 0.3 is 0 Å². The average Bonchev–Trinajstić information content (AvgIpc) is 2.04. The van der Waals surface area contributed by atoms with Crippen molar-refractivity contribution in [3.05, 3.63) is 35.4 Å². The first-order valence-electron chi connectivity index (χ1n) is 3.44. The van der Waals surface area contributed by atoms with Crippen LogP contribution < -0.4 is 0 Å². The van der Waals surface area contributed by atoms with Gasteiger partial charge in [0.15, 0.2) is 0 Å². The number of carbonyl (C=O) groups excluding carboxylic acids is 1. The summed E-state index contributed by atoms with van der Waals surface area (Å²) in [4.78, 5) is 10.4. The number of aldehydes is 1. The minimum Gasteiger partial charge on any atom is -0.302 e. The third-order valence-electron chi connectivity index (χ3n) is 1.64. The average molecular weight is 166 g/mol. The van der Waals surface area contributed by atoms with Gasteiger partial charge in [-0.2, -0.15) is 12.6 Å². The summed E-state index contributed by atoms with van der Waals surface area (Å²) in [5, 5.41) is -0.281. The fourth-order valence-electron chi connectivity index (χ4n) is 0.992. The number of aryl methyl sites for hydroxylation is 1. The maximum Gasteiger partial charge on any atom is 0.137 e. The van der Waals surface area contributed by atoms with E-state index < -0.39 is 0 Å². The van der Waals surface area contributed by atoms with Crippen LogP contribution in [0.3, 0.4) is 0 Å². The van der Waals surface area contributed by atoms with Crippen molar-refractivity contribution in [2.75, 3.05) is 0 Å². The van der Waals surface area contributed by atoms with Gasteiger partial charge in [-0.05, 0) is 18.1 Å². The van der Waals surface area contributed by atoms with Gasteiger partial charge in [-0.15, -0.1) is 0 Å². The van der Waals surface area contributed by atoms with Crippen molar-refractivity contribution in [3.63, 3.8) is 0 Å². The van der Waals surface area contributed by atoms with Crippen LogP contribution in [0, 0.1) is 6.92 Å². The maximum atomic E-state index is 10.4. The molecule has 0 radical (unpaired) electrons. The number of rotatable bonds is 2. The molecule has 0 saturated heterocycles. The van der Waals surface area contributed by atoms with E-state index in [-0.39, 0.29) is 5.25 Å². The zero-order valence-electron chi connectivity index (χ0n) is 6.32. The van der Waals surface area contributed by atoms with E-state index in [1.54, 1.807) is 0 Å². The Kier molecular flexibility index (Phi) is 2.71. The Hall–Kier alpha value is -0.760. The molecular weight excluding hydrogens is 156 g/mol. The van der Waals surface area contributed by atoms with Gasteiger partial charge in [-0.3, -0.25) is 0 Å². The first kappa shape index (κ1) is 8.34. The lowest BCUT2D eigenvalue weighted by molar-refractivity contribution is -0.107. The fourth-order valence-corrected chi connectivity index (χ4v) is 1.28. The van der Waals surface area contributed by atoms with E-state index in [1.165, 1.54) is 0 Å². The lowest BCUT2D eigenvalue weighted by Gasteiger charge is -2.05. The third kappa shape index (κ3) is 1.84. The molecule has 58 valence electrons. The van der Waals surface area contributed by atoms with Gasteiger partial charge in [-0.1, -0.05) is 24.3 Å². The Morgan fingerprint density at radius 3 is 2.64 bits per heavy atom. The van der Waals surface area contributed by atoms with E-state index in [2.05, 4.69) is 12.6 Å². The van der Waals surface area contributed by atoms with E-state index in [0.29, 0.717) is 0 Å². The fraction of sp³-hybridized carbons (Fsp3) is 0.222. The zero-order chi connectivity index (χ0) is 8.27. The number of hydrogen-bond acceptors (Lipinski definition) is 2. The van der Waals surface area contributed by atoms with Crippen molar-refractivity contribution < 1.29 is 4.79 Å². The van der Waals surface area contributed by atoms with Gasteiger partial charge in [0.2, 0.25) is 0 Å². The Balaban J connectivity index is 3.02. The summed E-state index contributed by atoms with van der Waals surface area (Å²) in [6, 6.07) is 7.75. The summed E-state index contributed by atoms with van der Waals surface area (Å²) in [5.41, 5.74) is 2.10. The van der Waals surface area contributed by atoms with Crippen molar-refractivity contribution in [3.8, 4) is 0 Å². The molecule has 0 heterocycles. The molecule has 0 spiro atoms. The van der Waals surface area contributed by atoms with E-state index in [9.17, 15) is 4.79 Å². The minimum atomic E-state index is -0.281. The molecule has 1 rings (SSSR count). The van der Waals surface area contributed by atoms with Crippen LogP contribution in [0.15, 0.2) is 24.3 Å². The van der Waals surface area contributed by atoms with Gasteiger partial charge in [0, 0.05) is 0 Å². The first-order chi connectivity index (χ1) is 5.25. The number of thiol groups is 1. The molecule has 0 aliphatic heterocycles. The molecule has 0 fully saturated rings. The normalized spacial score (nSPS) is 12.5. The summed E-state index contributed by atoms with van der Waals surface area (Å²) >= 11 is 4.12. The molecule has 0 aliphatic carbocycles. The van der Waals surface area contributed by atoms with Crippen molar-refractivity contribution in [2.24, 2.45) is 0 Å². The Labute approximate surface area is 71.8 Å². The standard InChI is InChI=1S/C9H10OS/c1-7-4-2-3-5-8(7)9(11)6-10/h2-6,9,11H,1H3. The second-order valence-corrected chi connectivity index (χ2v) is 2.99. The molecule has 0 amide bonds. The summed E-state index contributed by atoms with van der Waals surface area (Å²) in [6.45, 7) is 1.97. The minimum absolute atomic E-state index is 0.281. The molecule has 1 aromatic rings. The third-order valence-corrected chi connectivity index (χ3v) is 2.04. The molecule has 2 heteroatoms. The molecule has 1 aromatic carbocycles. The lowest BCUT2D eigenvalue weighted by Crippen LogP contribution is -1.93. The Bertz CT molecular complexity index is 257. The largest absolute Gasteiger partial charge is 0.302 e. The van der Waals surface area contributed by atoms with Crippen molar-refractivity contribution in [1.29, 1.82) is 0 Å². The highest BCUT2D eigenvalue weighted by Gasteiger charge is 2.05. The molecule has 0 saturated carbocycles. The number of hydrogen-bond donors (Lipinski definition) is 1. The summed E-state index contributed by atoms with van der Waals surface area (Å²) < 4.78 is 0. The predicted molar refractivity (Wildman–Crippen MR) is 49.0 cm³/mol. The van der Waals surface area contributed by atoms with E-state index in [4.69, 9.17) is 0 Å². The topological polar surface area (TPSA) is 17.1 Å². The van der Waals surface area contributed by atoms with Crippen molar-refractivity contribution in [1.82, 2.24) is 0 Å². The van der Waals surface area contributed by atoms with Gasteiger partial charge in [-0.25, -0.2) is 0 Å². The van der Waals surface area contributed by atoms with Gasteiger partial charge < -0.3 is 4.79 Å². The molecular formula is C9H10OS.